The predicted octanol–water partition coefficient (Wildman–Crippen LogP) is 3.14. The molecule has 0 N–H and O–H groups in total. The highest BCUT2D eigenvalue weighted by Crippen LogP contribution is 2.28. The van der Waals surface area contributed by atoms with Gasteiger partial charge in [0.1, 0.15) is 16.5 Å². The highest BCUT2D eigenvalue weighted by atomic mass is 32.2. The molecule has 2 aromatic carbocycles. The molecule has 0 saturated heterocycles. The van der Waals surface area contributed by atoms with Crippen LogP contribution in [0, 0.1) is 5.82 Å². The third-order valence-electron chi connectivity index (χ3n) is 4.39. The SMILES string of the molecule is CCN(CC)S(=O)(=O)c1cc(C(=O)N(C)Cc2cccc(F)c2)ccc1OC. The van der Waals surface area contributed by atoms with Gasteiger partial charge < -0.3 is 9.64 Å². The highest BCUT2D eigenvalue weighted by Gasteiger charge is 2.27. The molecular weight excluding hydrogens is 383 g/mol. The van der Waals surface area contributed by atoms with Gasteiger partial charge in [0.05, 0.1) is 7.11 Å². The van der Waals surface area contributed by atoms with Crippen LogP contribution in [0.4, 0.5) is 4.39 Å². The molecule has 0 heterocycles. The number of sulfonamides is 1. The van der Waals surface area contributed by atoms with Crippen LogP contribution in [0.5, 0.6) is 5.75 Å². The van der Waals surface area contributed by atoms with Gasteiger partial charge in [-0.25, -0.2) is 12.8 Å². The molecule has 0 aliphatic rings. The van der Waals surface area contributed by atoms with Gasteiger partial charge >= 0.3 is 0 Å². The zero-order chi connectivity index (χ0) is 20.9. The Morgan fingerprint density at radius 2 is 1.79 bits per heavy atom. The first kappa shape index (κ1) is 21.8. The Labute approximate surface area is 165 Å². The fourth-order valence-corrected chi connectivity index (χ4v) is 4.55. The second kappa shape index (κ2) is 9.16. The molecule has 6 nitrogen and oxygen atoms in total. The summed E-state index contributed by atoms with van der Waals surface area (Å²) in [5.74, 6) is -0.574. The molecule has 0 fully saturated rings. The van der Waals surface area contributed by atoms with Gasteiger partial charge in [0, 0.05) is 32.2 Å². The number of hydrogen-bond acceptors (Lipinski definition) is 4. The maximum absolute atomic E-state index is 13.4. The van der Waals surface area contributed by atoms with E-state index in [1.807, 2.05) is 0 Å². The summed E-state index contributed by atoms with van der Waals surface area (Å²) in [5, 5.41) is 0. The molecule has 2 rings (SSSR count). The molecule has 28 heavy (non-hydrogen) atoms. The lowest BCUT2D eigenvalue weighted by Gasteiger charge is -2.22. The van der Waals surface area contributed by atoms with Crippen LogP contribution in [-0.4, -0.2) is 50.8 Å². The van der Waals surface area contributed by atoms with Gasteiger partial charge in [-0.2, -0.15) is 4.31 Å². The number of carbonyl (C=O) groups is 1. The predicted molar refractivity (Wildman–Crippen MR) is 105 cm³/mol. The minimum atomic E-state index is -3.80. The van der Waals surface area contributed by atoms with Gasteiger partial charge in [0.15, 0.2) is 0 Å². The summed E-state index contributed by atoms with van der Waals surface area (Å²) in [6.45, 7) is 4.30. The van der Waals surface area contributed by atoms with E-state index in [1.165, 1.54) is 46.6 Å². The summed E-state index contributed by atoms with van der Waals surface area (Å²) in [6.07, 6.45) is 0. The molecule has 0 atom stereocenters. The molecule has 0 aromatic heterocycles. The van der Waals surface area contributed by atoms with E-state index in [-0.39, 0.29) is 34.5 Å². The molecule has 8 heteroatoms. The largest absolute Gasteiger partial charge is 0.495 e. The van der Waals surface area contributed by atoms with Crippen LogP contribution in [0.1, 0.15) is 29.8 Å². The van der Waals surface area contributed by atoms with Crippen LogP contribution in [0.2, 0.25) is 0 Å². The van der Waals surface area contributed by atoms with Crippen LogP contribution < -0.4 is 4.74 Å². The van der Waals surface area contributed by atoms with Crippen molar-refractivity contribution in [2.24, 2.45) is 0 Å². The third-order valence-corrected chi connectivity index (χ3v) is 6.46. The molecule has 0 unspecified atom stereocenters. The van der Waals surface area contributed by atoms with Gasteiger partial charge in [-0.15, -0.1) is 0 Å². The van der Waals surface area contributed by atoms with Gasteiger partial charge in [0.2, 0.25) is 10.0 Å². The number of benzene rings is 2. The molecule has 2 aromatic rings. The first-order valence-electron chi connectivity index (χ1n) is 8.92. The van der Waals surface area contributed by atoms with Crippen LogP contribution in [0.3, 0.4) is 0 Å². The van der Waals surface area contributed by atoms with Crippen LogP contribution >= 0.6 is 0 Å². The third kappa shape index (κ3) is 4.69. The fraction of sp³-hybridized carbons (Fsp3) is 0.350. The van der Waals surface area contributed by atoms with Crippen LogP contribution in [0.25, 0.3) is 0 Å². The molecule has 0 aliphatic heterocycles. The summed E-state index contributed by atoms with van der Waals surface area (Å²) in [4.78, 5) is 14.2. The molecule has 0 spiro atoms. The normalized spacial score (nSPS) is 11.5. The number of halogens is 1. The topological polar surface area (TPSA) is 66.9 Å². The first-order chi connectivity index (χ1) is 13.2. The molecular formula is C20H25FN2O4S. The van der Waals surface area contributed by atoms with Gasteiger partial charge in [-0.1, -0.05) is 26.0 Å². The van der Waals surface area contributed by atoms with Gasteiger partial charge in [0.25, 0.3) is 5.91 Å². The van der Waals surface area contributed by atoms with E-state index in [2.05, 4.69) is 0 Å². The zero-order valence-electron chi connectivity index (χ0n) is 16.5. The van der Waals surface area contributed by atoms with Crippen molar-refractivity contribution in [3.05, 3.63) is 59.4 Å². The fourth-order valence-electron chi connectivity index (χ4n) is 2.92. The molecule has 0 radical (unpaired) electrons. The number of rotatable bonds is 8. The van der Waals surface area contributed by atoms with Crippen LogP contribution in [0.15, 0.2) is 47.4 Å². The number of methoxy groups -OCH3 is 1. The average Bonchev–Trinajstić information content (AvgIpc) is 2.67. The number of carbonyl (C=O) groups excluding carboxylic acids is 1. The van der Waals surface area contributed by atoms with Crippen molar-refractivity contribution in [2.45, 2.75) is 25.3 Å². The van der Waals surface area contributed by atoms with Crippen molar-refractivity contribution in [3.63, 3.8) is 0 Å². The Hall–Kier alpha value is -2.45. The Kier molecular flexibility index (Phi) is 7.15. The standard InChI is InChI=1S/C20H25FN2O4S/c1-5-23(6-2)28(25,26)19-13-16(10-11-18(19)27-4)20(24)22(3)14-15-8-7-9-17(21)12-15/h7-13H,5-6,14H2,1-4H3. The maximum Gasteiger partial charge on any atom is 0.253 e. The Balaban J connectivity index is 2.37. The number of amides is 1. The molecule has 0 saturated carbocycles. The van der Waals surface area contributed by atoms with Crippen molar-refractivity contribution < 1.29 is 22.3 Å². The lowest BCUT2D eigenvalue weighted by Crippen LogP contribution is -2.31. The minimum Gasteiger partial charge on any atom is -0.495 e. The van der Waals surface area contributed by atoms with E-state index >= 15 is 0 Å². The second-order valence-corrected chi connectivity index (χ2v) is 8.15. The van der Waals surface area contributed by atoms with E-state index in [0.29, 0.717) is 18.7 Å². The van der Waals surface area contributed by atoms with E-state index in [0.717, 1.165) is 0 Å². The van der Waals surface area contributed by atoms with Gasteiger partial charge in [-0.3, -0.25) is 4.79 Å². The minimum absolute atomic E-state index is 0.0521. The Bertz CT molecular complexity index is 943. The lowest BCUT2D eigenvalue weighted by atomic mass is 10.1. The number of nitrogens with zero attached hydrogens (tertiary/aromatic N) is 2. The summed E-state index contributed by atoms with van der Waals surface area (Å²) in [6, 6.07) is 10.3. The maximum atomic E-state index is 13.4. The smallest absolute Gasteiger partial charge is 0.253 e. The molecule has 152 valence electrons. The molecule has 0 aliphatic carbocycles. The highest BCUT2D eigenvalue weighted by molar-refractivity contribution is 7.89. The zero-order valence-corrected chi connectivity index (χ0v) is 17.3. The van der Waals surface area contributed by atoms with Crippen LogP contribution in [-0.2, 0) is 16.6 Å². The van der Waals surface area contributed by atoms with E-state index in [4.69, 9.17) is 4.74 Å². The van der Waals surface area contributed by atoms with E-state index in [9.17, 15) is 17.6 Å². The summed E-state index contributed by atoms with van der Waals surface area (Å²) < 4.78 is 45.7. The molecule has 1 amide bonds. The van der Waals surface area contributed by atoms with Crippen molar-refractivity contribution in [1.29, 1.82) is 0 Å². The van der Waals surface area contributed by atoms with Gasteiger partial charge in [-0.05, 0) is 35.9 Å². The van der Waals surface area contributed by atoms with Crippen molar-refractivity contribution >= 4 is 15.9 Å². The lowest BCUT2D eigenvalue weighted by molar-refractivity contribution is 0.0784. The number of ether oxygens (including phenoxy) is 1. The quantitative estimate of drug-likeness (QED) is 0.673. The Morgan fingerprint density at radius 1 is 1.11 bits per heavy atom. The summed E-state index contributed by atoms with van der Waals surface area (Å²) in [7, 11) is -0.840. The van der Waals surface area contributed by atoms with E-state index in [1.54, 1.807) is 33.0 Å². The monoisotopic (exact) mass is 408 g/mol. The first-order valence-corrected chi connectivity index (χ1v) is 10.4. The summed E-state index contributed by atoms with van der Waals surface area (Å²) in [5.41, 5.74) is 0.853. The van der Waals surface area contributed by atoms with E-state index < -0.39 is 10.0 Å². The molecule has 0 bridgehead atoms. The Morgan fingerprint density at radius 3 is 2.36 bits per heavy atom. The van der Waals surface area contributed by atoms with Crippen molar-refractivity contribution in [1.82, 2.24) is 9.21 Å². The second-order valence-electron chi connectivity index (χ2n) is 6.25. The number of hydrogen-bond donors (Lipinski definition) is 0. The van der Waals surface area contributed by atoms with Crippen molar-refractivity contribution in [2.75, 3.05) is 27.2 Å². The van der Waals surface area contributed by atoms with Crippen molar-refractivity contribution in [3.8, 4) is 5.75 Å². The summed E-state index contributed by atoms with van der Waals surface area (Å²) >= 11 is 0. The average molecular weight is 408 g/mol.